The van der Waals surface area contributed by atoms with Crippen LogP contribution in [0.4, 0.5) is 18.0 Å². The van der Waals surface area contributed by atoms with Gasteiger partial charge in [0.2, 0.25) is 0 Å². The molecular weight excluding hydrogens is 365 g/mol. The molecule has 1 aromatic rings. The number of nitrogens with one attached hydrogen (secondary N) is 2. The Hall–Kier alpha value is -2.46. The van der Waals surface area contributed by atoms with E-state index in [0.29, 0.717) is 38.5 Å². The minimum absolute atomic E-state index is 0.0464. The summed E-state index contributed by atoms with van der Waals surface area (Å²) < 4.78 is 45.1. The first-order chi connectivity index (χ1) is 12.7. The van der Waals surface area contributed by atoms with Gasteiger partial charge in [0.15, 0.2) is 11.7 Å². The molecule has 27 heavy (non-hydrogen) atoms. The third-order valence-corrected chi connectivity index (χ3v) is 4.20. The van der Waals surface area contributed by atoms with Gasteiger partial charge in [-0.25, -0.2) is 4.79 Å². The first kappa shape index (κ1) is 20.8. The van der Waals surface area contributed by atoms with Crippen LogP contribution in [0.3, 0.4) is 0 Å². The highest BCUT2D eigenvalue weighted by atomic mass is 19.4. The van der Waals surface area contributed by atoms with Crippen LogP contribution < -0.4 is 10.6 Å². The molecule has 1 aliphatic rings. The molecule has 1 aromatic heterocycles. The lowest BCUT2D eigenvalue weighted by atomic mass is 10.1. The molecule has 0 aromatic carbocycles. The van der Waals surface area contributed by atoms with E-state index in [1.807, 2.05) is 0 Å². The van der Waals surface area contributed by atoms with E-state index >= 15 is 0 Å². The predicted octanol–water partition coefficient (Wildman–Crippen LogP) is 1.72. The fourth-order valence-corrected chi connectivity index (χ4v) is 2.89. The van der Waals surface area contributed by atoms with Gasteiger partial charge in [-0.2, -0.15) is 18.3 Å². The average molecular weight is 390 g/mol. The van der Waals surface area contributed by atoms with Crippen molar-refractivity contribution in [2.45, 2.75) is 38.5 Å². The molecule has 2 heterocycles. The monoisotopic (exact) mass is 390 g/mol. The van der Waals surface area contributed by atoms with Crippen LogP contribution in [0.5, 0.6) is 0 Å². The molecule has 1 fully saturated rings. The van der Waals surface area contributed by atoms with Crippen molar-refractivity contribution in [2.75, 3.05) is 26.7 Å². The summed E-state index contributed by atoms with van der Waals surface area (Å²) >= 11 is 0. The summed E-state index contributed by atoms with van der Waals surface area (Å²) in [5.41, 5.74) is -0.860. The Balaban J connectivity index is 1.87. The normalized spacial score (nSPS) is 16.4. The fourth-order valence-electron chi connectivity index (χ4n) is 2.89. The van der Waals surface area contributed by atoms with E-state index in [9.17, 15) is 18.0 Å². The van der Waals surface area contributed by atoms with Gasteiger partial charge in [-0.05, 0) is 19.8 Å². The quantitative estimate of drug-likeness (QED) is 0.604. The number of guanidine groups is 1. The van der Waals surface area contributed by atoms with Crippen molar-refractivity contribution in [3.63, 3.8) is 0 Å². The van der Waals surface area contributed by atoms with E-state index < -0.39 is 11.9 Å². The van der Waals surface area contributed by atoms with E-state index in [1.54, 1.807) is 18.9 Å². The third kappa shape index (κ3) is 5.76. The number of carbonyl (C=O) groups is 1. The van der Waals surface area contributed by atoms with Crippen LogP contribution >= 0.6 is 0 Å². The Bertz CT molecular complexity index is 666. The smallest absolute Gasteiger partial charge is 0.435 e. The number of aromatic nitrogens is 2. The Morgan fingerprint density at radius 1 is 1.41 bits per heavy atom. The molecule has 0 spiro atoms. The minimum atomic E-state index is -4.50. The number of rotatable bonds is 4. The van der Waals surface area contributed by atoms with Crippen molar-refractivity contribution >= 4 is 12.1 Å². The number of likely N-dealkylation sites (tertiary alicyclic amines) is 1. The highest BCUT2D eigenvalue weighted by Crippen LogP contribution is 2.30. The highest BCUT2D eigenvalue weighted by molar-refractivity contribution is 5.80. The molecule has 0 saturated carbocycles. The zero-order chi connectivity index (χ0) is 20.0. The molecule has 0 aliphatic carbocycles. The van der Waals surface area contributed by atoms with Gasteiger partial charge < -0.3 is 20.3 Å². The standard InChI is InChI=1S/C16H25F3N6O2/c1-4-27-15(26)25-7-5-12(6-8-25)22-14(20-2)21-9-11-10-24(3)23-13(11)16(17,18)19/h10,12H,4-9H2,1-3H3,(H2,20,21,22). The molecule has 8 nitrogen and oxygen atoms in total. The van der Waals surface area contributed by atoms with E-state index in [0.717, 1.165) is 4.68 Å². The number of carbonyl (C=O) groups excluding carboxylic acids is 1. The van der Waals surface area contributed by atoms with E-state index in [4.69, 9.17) is 4.74 Å². The number of nitrogens with zero attached hydrogens (tertiary/aromatic N) is 4. The molecule has 2 rings (SSSR count). The lowest BCUT2D eigenvalue weighted by Crippen LogP contribution is -2.49. The van der Waals surface area contributed by atoms with Crippen molar-refractivity contribution in [1.29, 1.82) is 0 Å². The molecule has 0 radical (unpaired) electrons. The maximum atomic E-state index is 13.0. The van der Waals surface area contributed by atoms with Crippen LogP contribution in [0.1, 0.15) is 31.0 Å². The second kappa shape index (κ2) is 8.96. The number of hydrogen-bond donors (Lipinski definition) is 2. The van der Waals surface area contributed by atoms with Crippen LogP contribution in [-0.2, 0) is 24.5 Å². The summed E-state index contributed by atoms with van der Waals surface area (Å²) in [6.07, 6.45) is -2.11. The summed E-state index contributed by atoms with van der Waals surface area (Å²) in [5, 5.41) is 9.56. The first-order valence-corrected chi connectivity index (χ1v) is 8.73. The maximum Gasteiger partial charge on any atom is 0.435 e. The summed E-state index contributed by atoms with van der Waals surface area (Å²) in [4.78, 5) is 17.4. The molecule has 1 amide bonds. The fraction of sp³-hybridized carbons (Fsp3) is 0.688. The van der Waals surface area contributed by atoms with Crippen molar-refractivity contribution in [3.8, 4) is 0 Å². The van der Waals surface area contributed by atoms with Gasteiger partial charge in [0, 0.05) is 51.5 Å². The lowest BCUT2D eigenvalue weighted by molar-refractivity contribution is -0.142. The first-order valence-electron chi connectivity index (χ1n) is 8.73. The van der Waals surface area contributed by atoms with Gasteiger partial charge in [-0.1, -0.05) is 0 Å². The topological polar surface area (TPSA) is 83.8 Å². The van der Waals surface area contributed by atoms with Gasteiger partial charge in [-0.15, -0.1) is 0 Å². The van der Waals surface area contributed by atoms with Gasteiger partial charge in [0.25, 0.3) is 0 Å². The number of aliphatic imine (C=N–C) groups is 1. The van der Waals surface area contributed by atoms with Crippen molar-refractivity contribution < 1.29 is 22.7 Å². The molecule has 0 atom stereocenters. The Kier molecular flexibility index (Phi) is 6.92. The van der Waals surface area contributed by atoms with Crippen molar-refractivity contribution in [3.05, 3.63) is 17.5 Å². The van der Waals surface area contributed by atoms with Gasteiger partial charge >= 0.3 is 12.3 Å². The van der Waals surface area contributed by atoms with Crippen LogP contribution in [0.15, 0.2) is 11.2 Å². The van der Waals surface area contributed by atoms with Crippen molar-refractivity contribution in [1.82, 2.24) is 25.3 Å². The minimum Gasteiger partial charge on any atom is -0.450 e. The van der Waals surface area contributed by atoms with Crippen LogP contribution in [0, 0.1) is 0 Å². The van der Waals surface area contributed by atoms with E-state index in [1.165, 1.54) is 13.2 Å². The Labute approximate surface area is 155 Å². The molecule has 11 heteroatoms. The second-order valence-corrected chi connectivity index (χ2v) is 6.20. The molecule has 1 saturated heterocycles. The molecule has 2 N–H and O–H groups in total. The number of alkyl halides is 3. The summed E-state index contributed by atoms with van der Waals surface area (Å²) in [5.74, 6) is 0.404. The zero-order valence-corrected chi connectivity index (χ0v) is 15.6. The Morgan fingerprint density at radius 3 is 2.63 bits per heavy atom. The number of piperidine rings is 1. The summed E-state index contributed by atoms with van der Waals surface area (Å²) in [6, 6.07) is 0.0675. The number of amides is 1. The number of ether oxygens (including phenoxy) is 1. The average Bonchev–Trinajstić information content (AvgIpc) is 3.00. The summed E-state index contributed by atoms with van der Waals surface area (Å²) in [7, 11) is 3.00. The number of aryl methyl sites for hydroxylation is 1. The highest BCUT2D eigenvalue weighted by Gasteiger charge is 2.36. The van der Waals surface area contributed by atoms with Gasteiger partial charge in [0.05, 0.1) is 6.61 Å². The zero-order valence-electron chi connectivity index (χ0n) is 15.6. The van der Waals surface area contributed by atoms with Crippen LogP contribution in [0.2, 0.25) is 0 Å². The number of hydrogen-bond acceptors (Lipinski definition) is 4. The SMILES string of the molecule is CCOC(=O)N1CCC(NC(=NC)NCc2cn(C)nc2C(F)(F)F)CC1. The van der Waals surface area contributed by atoms with Crippen molar-refractivity contribution in [2.24, 2.45) is 12.0 Å². The molecule has 1 aliphatic heterocycles. The van der Waals surface area contributed by atoms with Crippen LogP contribution in [-0.4, -0.2) is 59.5 Å². The van der Waals surface area contributed by atoms with Crippen LogP contribution in [0.25, 0.3) is 0 Å². The van der Waals surface area contributed by atoms with Gasteiger partial charge in [-0.3, -0.25) is 9.67 Å². The largest absolute Gasteiger partial charge is 0.450 e. The van der Waals surface area contributed by atoms with E-state index in [2.05, 4.69) is 20.7 Å². The van der Waals surface area contributed by atoms with E-state index in [-0.39, 0.29) is 24.2 Å². The molecular formula is C16H25F3N6O2. The second-order valence-electron chi connectivity index (χ2n) is 6.20. The Morgan fingerprint density at radius 2 is 2.07 bits per heavy atom. The molecule has 0 bridgehead atoms. The number of halogens is 3. The third-order valence-electron chi connectivity index (χ3n) is 4.20. The van der Waals surface area contributed by atoms with Gasteiger partial charge in [0.1, 0.15) is 0 Å². The summed E-state index contributed by atoms with van der Waals surface area (Å²) in [6.45, 7) is 3.14. The molecule has 152 valence electrons. The lowest BCUT2D eigenvalue weighted by Gasteiger charge is -2.32. The molecule has 0 unspecified atom stereocenters. The maximum absolute atomic E-state index is 13.0. The predicted molar refractivity (Wildman–Crippen MR) is 93.2 cm³/mol.